The summed E-state index contributed by atoms with van der Waals surface area (Å²) in [7, 11) is 1.37. The van der Waals surface area contributed by atoms with E-state index >= 15 is 0 Å². The van der Waals surface area contributed by atoms with Gasteiger partial charge in [-0.2, -0.15) is 4.68 Å². The molecule has 0 N–H and O–H groups in total. The largest absolute Gasteiger partial charge is 0.469 e. The maximum Gasteiger partial charge on any atom is 0.308 e. The summed E-state index contributed by atoms with van der Waals surface area (Å²) >= 11 is 1.19. The molecule has 1 saturated heterocycles. The lowest BCUT2D eigenvalue weighted by atomic mass is 9.97. The van der Waals surface area contributed by atoms with E-state index in [0.717, 1.165) is 0 Å². The fourth-order valence-corrected chi connectivity index (χ4v) is 3.58. The van der Waals surface area contributed by atoms with E-state index in [2.05, 4.69) is 15.5 Å². The molecule has 3 rings (SSSR count). The molecule has 0 bridgehead atoms. The number of halogens is 1. The minimum atomic E-state index is -0.390. The smallest absolute Gasteiger partial charge is 0.308 e. The number of carbonyl (C=O) groups is 2. The SMILES string of the molecule is COC(=O)C1CCN(C(=O)CSc2nnnn2-c2cccc(F)c2)CC1. The predicted molar refractivity (Wildman–Crippen MR) is 91.2 cm³/mol. The van der Waals surface area contributed by atoms with E-state index < -0.39 is 5.82 Å². The van der Waals surface area contributed by atoms with Gasteiger partial charge in [-0.05, 0) is 41.5 Å². The Bertz CT molecular complexity index is 792. The second-order valence-corrected chi connectivity index (χ2v) is 6.76. The Kier molecular flexibility index (Phi) is 5.82. The molecular weight excluding hydrogens is 361 g/mol. The minimum Gasteiger partial charge on any atom is -0.469 e. The van der Waals surface area contributed by atoms with Crippen LogP contribution in [0.1, 0.15) is 12.8 Å². The summed E-state index contributed by atoms with van der Waals surface area (Å²) in [5.74, 6) is -0.637. The molecule has 0 saturated carbocycles. The summed E-state index contributed by atoms with van der Waals surface area (Å²) in [6.07, 6.45) is 1.20. The van der Waals surface area contributed by atoms with Gasteiger partial charge in [0, 0.05) is 13.1 Å². The Morgan fingerprint density at radius 1 is 1.35 bits per heavy atom. The van der Waals surface area contributed by atoms with E-state index in [1.165, 1.54) is 35.7 Å². The second-order valence-electron chi connectivity index (χ2n) is 5.82. The maximum absolute atomic E-state index is 13.4. The van der Waals surface area contributed by atoms with Crippen molar-refractivity contribution >= 4 is 23.6 Å². The van der Waals surface area contributed by atoms with Crippen molar-refractivity contribution in [3.8, 4) is 5.69 Å². The summed E-state index contributed by atoms with van der Waals surface area (Å²) in [5, 5.41) is 11.8. The van der Waals surface area contributed by atoms with Crippen LogP contribution in [0.2, 0.25) is 0 Å². The van der Waals surface area contributed by atoms with E-state index in [0.29, 0.717) is 36.8 Å². The number of ether oxygens (including phenoxy) is 1. The molecular formula is C16H18FN5O3S. The third-order valence-electron chi connectivity index (χ3n) is 4.20. The molecule has 26 heavy (non-hydrogen) atoms. The van der Waals surface area contributed by atoms with Crippen LogP contribution in [0, 0.1) is 11.7 Å². The molecule has 2 aromatic rings. The monoisotopic (exact) mass is 379 g/mol. The van der Waals surface area contributed by atoms with Gasteiger partial charge in [0.15, 0.2) is 0 Å². The Morgan fingerprint density at radius 3 is 2.81 bits per heavy atom. The lowest BCUT2D eigenvalue weighted by Crippen LogP contribution is -2.41. The van der Waals surface area contributed by atoms with Crippen LogP contribution in [0.5, 0.6) is 0 Å². The van der Waals surface area contributed by atoms with Gasteiger partial charge in [-0.1, -0.05) is 17.8 Å². The molecule has 1 aromatic carbocycles. The van der Waals surface area contributed by atoms with Gasteiger partial charge in [0.05, 0.1) is 24.5 Å². The first-order valence-corrected chi connectivity index (χ1v) is 9.09. The van der Waals surface area contributed by atoms with Gasteiger partial charge in [-0.25, -0.2) is 4.39 Å². The number of esters is 1. The molecule has 0 spiro atoms. The van der Waals surface area contributed by atoms with Gasteiger partial charge in [-0.3, -0.25) is 9.59 Å². The Morgan fingerprint density at radius 2 is 2.12 bits per heavy atom. The van der Waals surface area contributed by atoms with Crippen molar-refractivity contribution in [1.82, 2.24) is 25.1 Å². The van der Waals surface area contributed by atoms with Gasteiger partial charge < -0.3 is 9.64 Å². The van der Waals surface area contributed by atoms with Crippen LogP contribution in [0.3, 0.4) is 0 Å². The van der Waals surface area contributed by atoms with Crippen LogP contribution in [-0.4, -0.2) is 62.9 Å². The molecule has 1 fully saturated rings. The number of hydrogen-bond donors (Lipinski definition) is 0. The van der Waals surface area contributed by atoms with E-state index in [4.69, 9.17) is 4.74 Å². The number of benzene rings is 1. The molecule has 0 radical (unpaired) electrons. The summed E-state index contributed by atoms with van der Waals surface area (Å²) in [6.45, 7) is 1.04. The molecule has 0 aliphatic carbocycles. The number of tetrazole rings is 1. The van der Waals surface area contributed by atoms with Crippen molar-refractivity contribution in [2.45, 2.75) is 18.0 Å². The van der Waals surface area contributed by atoms with Gasteiger partial charge in [-0.15, -0.1) is 5.10 Å². The summed E-state index contributed by atoms with van der Waals surface area (Å²) < 4.78 is 19.5. The molecule has 0 atom stereocenters. The maximum atomic E-state index is 13.4. The molecule has 1 aromatic heterocycles. The lowest BCUT2D eigenvalue weighted by Gasteiger charge is -2.30. The average Bonchev–Trinajstić information content (AvgIpc) is 3.14. The van der Waals surface area contributed by atoms with Crippen LogP contribution in [-0.2, 0) is 14.3 Å². The molecule has 1 amide bonds. The fraction of sp³-hybridized carbons (Fsp3) is 0.438. The second kappa shape index (κ2) is 8.26. The van der Waals surface area contributed by atoms with E-state index in [9.17, 15) is 14.0 Å². The Labute approximate surface area is 153 Å². The number of hydrogen-bond acceptors (Lipinski definition) is 7. The molecule has 2 heterocycles. The van der Waals surface area contributed by atoms with Gasteiger partial charge in [0.2, 0.25) is 11.1 Å². The third kappa shape index (κ3) is 4.18. The molecule has 0 unspecified atom stereocenters. The third-order valence-corrected chi connectivity index (χ3v) is 5.10. The Balaban J connectivity index is 1.56. The van der Waals surface area contributed by atoms with Gasteiger partial charge in [0.25, 0.3) is 0 Å². The number of methoxy groups -OCH3 is 1. The molecule has 8 nitrogen and oxygen atoms in total. The minimum absolute atomic E-state index is 0.0490. The number of piperidine rings is 1. The van der Waals surface area contributed by atoms with Crippen molar-refractivity contribution in [2.75, 3.05) is 26.0 Å². The number of aromatic nitrogens is 4. The van der Waals surface area contributed by atoms with Gasteiger partial charge >= 0.3 is 5.97 Å². The first-order chi connectivity index (χ1) is 12.6. The highest BCUT2D eigenvalue weighted by Gasteiger charge is 2.28. The number of rotatable bonds is 5. The summed E-state index contributed by atoms with van der Waals surface area (Å²) in [4.78, 5) is 25.7. The van der Waals surface area contributed by atoms with E-state index in [1.54, 1.807) is 17.0 Å². The van der Waals surface area contributed by atoms with Crippen molar-refractivity contribution in [2.24, 2.45) is 5.92 Å². The summed E-state index contributed by atoms with van der Waals surface area (Å²) in [6, 6.07) is 5.91. The zero-order valence-corrected chi connectivity index (χ0v) is 15.0. The van der Waals surface area contributed by atoms with Crippen LogP contribution in [0.15, 0.2) is 29.4 Å². The highest BCUT2D eigenvalue weighted by atomic mass is 32.2. The van der Waals surface area contributed by atoms with Gasteiger partial charge in [0.1, 0.15) is 5.82 Å². The topological polar surface area (TPSA) is 90.2 Å². The molecule has 10 heteroatoms. The number of amides is 1. The fourth-order valence-electron chi connectivity index (χ4n) is 2.79. The van der Waals surface area contributed by atoms with Crippen molar-refractivity contribution in [3.05, 3.63) is 30.1 Å². The Hall–Kier alpha value is -2.49. The molecule has 1 aliphatic rings. The van der Waals surface area contributed by atoms with E-state index in [1.807, 2.05) is 0 Å². The zero-order chi connectivity index (χ0) is 18.5. The standard InChI is InChI=1S/C16H18FN5O3S/c1-25-15(24)11-5-7-21(8-6-11)14(23)10-26-16-18-19-20-22(16)13-4-2-3-12(17)9-13/h2-4,9,11H,5-8,10H2,1H3. The number of nitrogens with zero attached hydrogens (tertiary/aromatic N) is 5. The first-order valence-electron chi connectivity index (χ1n) is 8.11. The first kappa shape index (κ1) is 18.3. The van der Waals surface area contributed by atoms with E-state index in [-0.39, 0.29) is 23.5 Å². The van der Waals surface area contributed by atoms with Crippen molar-refractivity contribution in [3.63, 3.8) is 0 Å². The zero-order valence-electron chi connectivity index (χ0n) is 14.2. The number of thioether (sulfide) groups is 1. The van der Waals surface area contributed by atoms with Crippen LogP contribution in [0.4, 0.5) is 4.39 Å². The van der Waals surface area contributed by atoms with Crippen molar-refractivity contribution in [1.29, 1.82) is 0 Å². The van der Waals surface area contributed by atoms with Crippen molar-refractivity contribution < 1.29 is 18.7 Å². The van der Waals surface area contributed by atoms with Crippen LogP contribution < -0.4 is 0 Å². The number of carbonyl (C=O) groups excluding carboxylic acids is 2. The lowest BCUT2D eigenvalue weighted by molar-refractivity contribution is -0.148. The highest BCUT2D eigenvalue weighted by molar-refractivity contribution is 7.99. The predicted octanol–water partition coefficient (Wildman–Crippen LogP) is 1.31. The molecule has 138 valence electrons. The quantitative estimate of drug-likeness (QED) is 0.571. The number of likely N-dealkylation sites (tertiary alicyclic amines) is 1. The summed E-state index contributed by atoms with van der Waals surface area (Å²) in [5.41, 5.74) is 0.490. The molecule has 1 aliphatic heterocycles. The van der Waals surface area contributed by atoms with Crippen LogP contribution in [0.25, 0.3) is 5.69 Å². The average molecular weight is 379 g/mol. The normalized spacial score (nSPS) is 15.1. The highest BCUT2D eigenvalue weighted by Crippen LogP contribution is 2.22. The van der Waals surface area contributed by atoms with Crippen LogP contribution >= 0.6 is 11.8 Å².